The Morgan fingerprint density at radius 3 is 1.69 bits per heavy atom. The molecule has 0 saturated carbocycles. The molecule has 0 heterocycles. The maximum atomic E-state index is 13.3. The van der Waals surface area contributed by atoms with Crippen molar-refractivity contribution < 1.29 is 23.0 Å². The molecule has 0 aliphatic carbocycles. The van der Waals surface area contributed by atoms with Crippen molar-refractivity contribution in [3.63, 3.8) is 0 Å². The maximum Gasteiger partial charge on any atom is 0.220 e. The highest BCUT2D eigenvalue weighted by Gasteiger charge is 2.33. The Kier molecular flexibility index (Phi) is 8.09. The van der Waals surface area contributed by atoms with Gasteiger partial charge in [-0.05, 0) is 49.2 Å². The van der Waals surface area contributed by atoms with Crippen molar-refractivity contribution in [3.05, 3.63) is 59.7 Å². The van der Waals surface area contributed by atoms with Crippen LogP contribution in [0.1, 0.15) is 25.0 Å². The van der Waals surface area contributed by atoms with Gasteiger partial charge in [0.25, 0.3) is 0 Å². The van der Waals surface area contributed by atoms with E-state index < -0.39 is 21.4 Å². The molecule has 0 aliphatic rings. The van der Waals surface area contributed by atoms with Crippen LogP contribution in [-0.2, 0) is 23.1 Å². The minimum Gasteiger partial charge on any atom is -0.497 e. The molecule has 2 aromatic carbocycles. The molecule has 29 heavy (non-hydrogen) atoms. The second-order valence-electron chi connectivity index (χ2n) is 6.55. The Morgan fingerprint density at radius 1 is 0.931 bits per heavy atom. The van der Waals surface area contributed by atoms with Crippen molar-refractivity contribution in [1.82, 2.24) is 4.31 Å². The van der Waals surface area contributed by atoms with Crippen LogP contribution in [0.3, 0.4) is 0 Å². The van der Waals surface area contributed by atoms with E-state index in [9.17, 15) is 13.5 Å². The van der Waals surface area contributed by atoms with Crippen LogP contribution in [0.2, 0.25) is 0 Å². The molecule has 0 saturated heterocycles. The van der Waals surface area contributed by atoms with E-state index >= 15 is 0 Å². The van der Waals surface area contributed by atoms with E-state index in [1.165, 1.54) is 11.2 Å². The van der Waals surface area contributed by atoms with Crippen LogP contribution in [0.5, 0.6) is 11.5 Å². The molecule has 2 aromatic rings. The first-order chi connectivity index (χ1) is 13.8. The smallest absolute Gasteiger partial charge is 0.220 e. The molecular formula is C22H27NO5S. The average Bonchev–Trinajstić information content (AvgIpc) is 2.73. The Bertz CT molecular complexity index is 894. The molecule has 0 radical (unpaired) electrons. The van der Waals surface area contributed by atoms with Gasteiger partial charge in [-0.3, -0.25) is 0 Å². The largest absolute Gasteiger partial charge is 0.497 e. The number of nitrogens with zero attached hydrogens (tertiary/aromatic N) is 1. The third-order valence-corrected chi connectivity index (χ3v) is 6.78. The van der Waals surface area contributed by atoms with Crippen molar-refractivity contribution in [2.75, 3.05) is 14.2 Å². The lowest BCUT2D eigenvalue weighted by atomic mass is 10.2. The standard InChI is InChI=1S/C22H27NO5S/c1-5-6-22(24)17(2)29(25,26)23(15-18-7-11-20(27-3)12-8-18)16-19-9-13-21(28-4)14-10-19/h7-14,17,22,24H,15-16H2,1-4H3/t17-,22+/m1/s1. The van der Waals surface area contributed by atoms with E-state index in [1.54, 1.807) is 45.4 Å². The molecule has 156 valence electrons. The lowest BCUT2D eigenvalue weighted by molar-refractivity contribution is 0.225. The summed E-state index contributed by atoms with van der Waals surface area (Å²) in [4.78, 5) is 0. The fraction of sp³-hybridized carbons (Fsp3) is 0.364. The zero-order chi connectivity index (χ0) is 21.4. The predicted octanol–water partition coefficient (Wildman–Crippen LogP) is 2.81. The number of hydrogen-bond donors (Lipinski definition) is 1. The molecule has 6 nitrogen and oxygen atoms in total. The number of ether oxygens (including phenoxy) is 2. The second-order valence-corrected chi connectivity index (χ2v) is 8.84. The van der Waals surface area contributed by atoms with Gasteiger partial charge in [-0.1, -0.05) is 30.2 Å². The normalized spacial score (nSPS) is 13.3. The number of hydrogen-bond acceptors (Lipinski definition) is 5. The fourth-order valence-corrected chi connectivity index (χ4v) is 4.29. The third kappa shape index (κ3) is 5.97. The van der Waals surface area contributed by atoms with E-state index in [4.69, 9.17) is 9.47 Å². The van der Waals surface area contributed by atoms with Gasteiger partial charge in [0.05, 0.1) is 14.2 Å². The Labute approximate surface area is 173 Å². The highest BCUT2D eigenvalue weighted by molar-refractivity contribution is 7.89. The number of benzene rings is 2. The van der Waals surface area contributed by atoms with Gasteiger partial charge >= 0.3 is 0 Å². The quantitative estimate of drug-likeness (QED) is 0.635. The van der Waals surface area contributed by atoms with E-state index in [1.807, 2.05) is 24.3 Å². The fourth-order valence-electron chi connectivity index (χ4n) is 2.77. The van der Waals surface area contributed by atoms with Gasteiger partial charge in [-0.25, -0.2) is 8.42 Å². The molecule has 0 aliphatic heterocycles. The van der Waals surface area contributed by atoms with Crippen LogP contribution < -0.4 is 9.47 Å². The third-order valence-electron chi connectivity index (χ3n) is 4.60. The summed E-state index contributed by atoms with van der Waals surface area (Å²) in [6, 6.07) is 14.4. The lowest BCUT2D eigenvalue weighted by Crippen LogP contribution is -2.42. The van der Waals surface area contributed by atoms with Crippen molar-refractivity contribution in [2.45, 2.75) is 38.3 Å². The number of aliphatic hydroxyl groups excluding tert-OH is 1. The molecule has 1 N–H and O–H groups in total. The molecule has 2 rings (SSSR count). The van der Waals surface area contributed by atoms with E-state index in [0.29, 0.717) is 11.5 Å². The first-order valence-corrected chi connectivity index (χ1v) is 10.7. The van der Waals surface area contributed by atoms with Gasteiger partial charge in [-0.15, -0.1) is 5.92 Å². The number of sulfonamides is 1. The molecule has 0 spiro atoms. The Hall–Kier alpha value is -2.53. The summed E-state index contributed by atoms with van der Waals surface area (Å²) in [5, 5.41) is 9.10. The van der Waals surface area contributed by atoms with Crippen molar-refractivity contribution in [1.29, 1.82) is 0 Å². The van der Waals surface area contributed by atoms with Crippen LogP contribution in [0.4, 0.5) is 0 Å². The van der Waals surface area contributed by atoms with Crippen LogP contribution in [0.15, 0.2) is 48.5 Å². The molecule has 2 atom stereocenters. The van der Waals surface area contributed by atoms with Gasteiger partial charge in [-0.2, -0.15) is 4.31 Å². The molecule has 0 aromatic heterocycles. The highest BCUT2D eigenvalue weighted by atomic mass is 32.2. The summed E-state index contributed by atoms with van der Waals surface area (Å²) < 4.78 is 38.2. The summed E-state index contributed by atoms with van der Waals surface area (Å²) in [5.41, 5.74) is 1.62. The van der Waals surface area contributed by atoms with Crippen LogP contribution in [0, 0.1) is 11.8 Å². The molecule has 0 amide bonds. The SMILES string of the molecule is CC#C[C@H](O)[C@@H](C)S(=O)(=O)N(Cc1ccc(OC)cc1)Cc1ccc(OC)cc1. The highest BCUT2D eigenvalue weighted by Crippen LogP contribution is 2.22. The van der Waals surface area contributed by atoms with Crippen LogP contribution in [0.25, 0.3) is 0 Å². The van der Waals surface area contributed by atoms with Crippen molar-refractivity contribution in [2.24, 2.45) is 0 Å². The van der Waals surface area contributed by atoms with Gasteiger partial charge in [0.15, 0.2) is 0 Å². The minimum atomic E-state index is -3.83. The van der Waals surface area contributed by atoms with E-state index in [0.717, 1.165) is 11.1 Å². The maximum absolute atomic E-state index is 13.3. The predicted molar refractivity (Wildman–Crippen MR) is 113 cm³/mol. The van der Waals surface area contributed by atoms with Gasteiger partial charge < -0.3 is 14.6 Å². The zero-order valence-corrected chi connectivity index (χ0v) is 17.9. The molecule has 0 fully saturated rings. The van der Waals surface area contributed by atoms with E-state index in [2.05, 4.69) is 11.8 Å². The van der Waals surface area contributed by atoms with Gasteiger partial charge in [0, 0.05) is 13.1 Å². The first kappa shape index (κ1) is 22.8. The van der Waals surface area contributed by atoms with Crippen molar-refractivity contribution in [3.8, 4) is 23.3 Å². The van der Waals surface area contributed by atoms with Crippen LogP contribution in [-0.4, -0.2) is 43.4 Å². The van der Waals surface area contributed by atoms with Gasteiger partial charge in [0.2, 0.25) is 10.0 Å². The number of rotatable bonds is 9. The Morgan fingerprint density at radius 2 is 1.34 bits per heavy atom. The summed E-state index contributed by atoms with van der Waals surface area (Å²) >= 11 is 0. The summed E-state index contributed by atoms with van der Waals surface area (Å²) in [6.45, 7) is 3.36. The zero-order valence-electron chi connectivity index (χ0n) is 17.1. The first-order valence-electron chi connectivity index (χ1n) is 9.17. The average molecular weight is 418 g/mol. The number of aliphatic hydroxyl groups is 1. The monoisotopic (exact) mass is 417 g/mol. The summed E-state index contributed by atoms with van der Waals surface area (Å²) in [5.74, 6) is 6.49. The number of methoxy groups -OCH3 is 2. The lowest BCUT2D eigenvalue weighted by Gasteiger charge is -2.27. The summed E-state index contributed by atoms with van der Waals surface area (Å²) in [6.07, 6.45) is -1.26. The Balaban J connectivity index is 2.34. The minimum absolute atomic E-state index is 0.162. The molecule has 7 heteroatoms. The van der Waals surface area contributed by atoms with Crippen LogP contribution >= 0.6 is 0 Å². The summed E-state index contributed by atoms with van der Waals surface area (Å²) in [7, 11) is -0.679. The van der Waals surface area contributed by atoms with Crippen molar-refractivity contribution >= 4 is 10.0 Å². The molecule has 0 unspecified atom stereocenters. The molecule has 0 bridgehead atoms. The van der Waals surface area contributed by atoms with E-state index in [-0.39, 0.29) is 13.1 Å². The molecular weight excluding hydrogens is 390 g/mol. The second kappa shape index (κ2) is 10.3. The topological polar surface area (TPSA) is 76.1 Å². The van der Waals surface area contributed by atoms with Gasteiger partial charge in [0.1, 0.15) is 22.9 Å².